The minimum atomic E-state index is -0.501. The molecular formula is C17H18N4O4S2. The SMILES string of the molecule is CCOC(=O)c1c(-c2ccc(C)o2)csc1NC(=O)CSc1nncn1C. The first-order valence-electron chi connectivity index (χ1n) is 8.11. The highest BCUT2D eigenvalue weighted by molar-refractivity contribution is 7.99. The first-order valence-corrected chi connectivity index (χ1v) is 9.98. The lowest BCUT2D eigenvalue weighted by Crippen LogP contribution is -2.16. The van der Waals surface area contributed by atoms with Crippen molar-refractivity contribution in [2.24, 2.45) is 7.05 Å². The second-order valence-electron chi connectivity index (χ2n) is 5.55. The number of ether oxygens (including phenoxy) is 1. The van der Waals surface area contributed by atoms with Crippen molar-refractivity contribution in [3.8, 4) is 11.3 Å². The summed E-state index contributed by atoms with van der Waals surface area (Å²) in [6.45, 7) is 3.80. The van der Waals surface area contributed by atoms with E-state index in [1.807, 2.05) is 13.0 Å². The number of nitrogens with zero attached hydrogens (tertiary/aromatic N) is 3. The monoisotopic (exact) mass is 406 g/mol. The van der Waals surface area contributed by atoms with Crippen LogP contribution in [-0.2, 0) is 16.6 Å². The average Bonchev–Trinajstić information content (AvgIpc) is 3.33. The molecule has 0 saturated heterocycles. The molecule has 10 heteroatoms. The van der Waals surface area contributed by atoms with Gasteiger partial charge >= 0.3 is 5.97 Å². The number of thioether (sulfide) groups is 1. The van der Waals surface area contributed by atoms with Crippen LogP contribution in [0.5, 0.6) is 0 Å². The van der Waals surface area contributed by atoms with Gasteiger partial charge in [-0.05, 0) is 26.0 Å². The van der Waals surface area contributed by atoms with E-state index < -0.39 is 5.97 Å². The Morgan fingerprint density at radius 2 is 2.22 bits per heavy atom. The number of carbonyl (C=O) groups is 2. The van der Waals surface area contributed by atoms with E-state index in [0.29, 0.717) is 27.0 Å². The van der Waals surface area contributed by atoms with E-state index in [0.717, 1.165) is 5.76 Å². The number of aromatic nitrogens is 3. The summed E-state index contributed by atoms with van der Waals surface area (Å²) in [6, 6.07) is 3.60. The second kappa shape index (κ2) is 8.40. The maximum absolute atomic E-state index is 12.5. The molecule has 0 saturated carbocycles. The van der Waals surface area contributed by atoms with Crippen LogP contribution in [0.25, 0.3) is 11.3 Å². The van der Waals surface area contributed by atoms with E-state index in [4.69, 9.17) is 9.15 Å². The first kappa shape index (κ1) is 19.2. The summed E-state index contributed by atoms with van der Waals surface area (Å²) in [5.74, 6) is 0.677. The van der Waals surface area contributed by atoms with Crippen LogP contribution in [0.1, 0.15) is 23.0 Å². The van der Waals surface area contributed by atoms with E-state index >= 15 is 0 Å². The number of esters is 1. The fourth-order valence-corrected chi connectivity index (χ4v) is 3.95. The van der Waals surface area contributed by atoms with Crippen LogP contribution in [0.4, 0.5) is 5.00 Å². The standard InChI is InChI=1S/C17H18N4O4S2/c1-4-24-16(23)14-11(12-6-5-10(2)25-12)7-26-15(14)19-13(22)8-27-17-20-18-9-21(17)3/h5-7,9H,4,8H2,1-3H3,(H,19,22). The molecule has 0 atom stereocenters. The Labute approximate surface area is 163 Å². The van der Waals surface area contributed by atoms with Crippen molar-refractivity contribution < 1.29 is 18.7 Å². The molecule has 3 aromatic rings. The van der Waals surface area contributed by atoms with Gasteiger partial charge in [-0.1, -0.05) is 11.8 Å². The quantitative estimate of drug-likeness (QED) is 0.474. The molecule has 0 aliphatic carbocycles. The summed E-state index contributed by atoms with van der Waals surface area (Å²) < 4.78 is 12.5. The number of hydrogen-bond donors (Lipinski definition) is 1. The number of anilines is 1. The van der Waals surface area contributed by atoms with Crippen LogP contribution in [0, 0.1) is 6.92 Å². The minimum Gasteiger partial charge on any atom is -0.462 e. The molecule has 1 N–H and O–H groups in total. The van der Waals surface area contributed by atoms with E-state index in [2.05, 4.69) is 15.5 Å². The molecule has 142 valence electrons. The Morgan fingerprint density at radius 1 is 1.41 bits per heavy atom. The summed E-state index contributed by atoms with van der Waals surface area (Å²) in [7, 11) is 1.80. The van der Waals surface area contributed by atoms with Gasteiger partial charge in [0.05, 0.1) is 12.4 Å². The molecule has 3 aromatic heterocycles. The summed E-state index contributed by atoms with van der Waals surface area (Å²) in [6.07, 6.45) is 1.57. The zero-order valence-electron chi connectivity index (χ0n) is 15.0. The van der Waals surface area contributed by atoms with E-state index in [9.17, 15) is 9.59 Å². The fourth-order valence-electron chi connectivity index (χ4n) is 2.31. The number of thiophene rings is 1. The number of aryl methyl sites for hydroxylation is 2. The third-order valence-electron chi connectivity index (χ3n) is 3.53. The van der Waals surface area contributed by atoms with Crippen LogP contribution in [0.3, 0.4) is 0 Å². The predicted molar refractivity (Wildman–Crippen MR) is 103 cm³/mol. The van der Waals surface area contributed by atoms with Crippen molar-refractivity contribution in [2.75, 3.05) is 17.7 Å². The smallest absolute Gasteiger partial charge is 0.341 e. The van der Waals surface area contributed by atoms with Gasteiger partial charge in [0, 0.05) is 18.0 Å². The van der Waals surface area contributed by atoms with Crippen LogP contribution in [0.2, 0.25) is 0 Å². The lowest BCUT2D eigenvalue weighted by atomic mass is 10.1. The third-order valence-corrected chi connectivity index (χ3v) is 5.46. The highest BCUT2D eigenvalue weighted by Crippen LogP contribution is 2.37. The molecule has 3 heterocycles. The van der Waals surface area contributed by atoms with Crippen molar-refractivity contribution in [1.29, 1.82) is 0 Å². The molecule has 3 rings (SSSR count). The number of hydrogen-bond acceptors (Lipinski definition) is 8. The largest absolute Gasteiger partial charge is 0.462 e. The molecule has 1 amide bonds. The van der Waals surface area contributed by atoms with Crippen molar-refractivity contribution >= 4 is 40.0 Å². The topological polar surface area (TPSA) is 99.2 Å². The van der Waals surface area contributed by atoms with E-state index in [1.54, 1.807) is 36.3 Å². The Balaban J connectivity index is 1.79. The van der Waals surface area contributed by atoms with Crippen molar-refractivity contribution in [1.82, 2.24) is 14.8 Å². The Kier molecular flexibility index (Phi) is 5.97. The van der Waals surface area contributed by atoms with E-state index in [1.165, 1.54) is 23.1 Å². The maximum Gasteiger partial charge on any atom is 0.341 e. The van der Waals surface area contributed by atoms with Crippen LogP contribution in [-0.4, -0.2) is 39.0 Å². The molecule has 0 spiro atoms. The van der Waals surface area contributed by atoms with Crippen molar-refractivity contribution in [3.05, 3.63) is 35.2 Å². The maximum atomic E-state index is 12.5. The zero-order valence-corrected chi connectivity index (χ0v) is 16.6. The molecule has 27 heavy (non-hydrogen) atoms. The number of nitrogens with one attached hydrogen (secondary N) is 1. The molecule has 0 bridgehead atoms. The summed E-state index contributed by atoms with van der Waals surface area (Å²) in [4.78, 5) is 24.8. The van der Waals surface area contributed by atoms with Gasteiger partial charge in [-0.25, -0.2) is 4.79 Å². The van der Waals surface area contributed by atoms with Crippen molar-refractivity contribution in [3.63, 3.8) is 0 Å². The average molecular weight is 406 g/mol. The molecule has 8 nitrogen and oxygen atoms in total. The summed E-state index contributed by atoms with van der Waals surface area (Å²) in [5, 5.41) is 13.3. The van der Waals surface area contributed by atoms with Crippen LogP contribution >= 0.6 is 23.1 Å². The lowest BCUT2D eigenvalue weighted by molar-refractivity contribution is -0.113. The predicted octanol–water partition coefficient (Wildman–Crippen LogP) is 3.35. The molecule has 0 unspecified atom stereocenters. The van der Waals surface area contributed by atoms with Gasteiger partial charge in [-0.2, -0.15) is 0 Å². The normalized spacial score (nSPS) is 10.8. The highest BCUT2D eigenvalue weighted by atomic mass is 32.2. The third kappa shape index (κ3) is 4.40. The molecule has 0 aliphatic heterocycles. The van der Waals surface area contributed by atoms with Gasteiger partial charge < -0.3 is 19.0 Å². The summed E-state index contributed by atoms with van der Waals surface area (Å²) >= 11 is 2.51. The first-order chi connectivity index (χ1) is 13.0. The lowest BCUT2D eigenvalue weighted by Gasteiger charge is -2.07. The molecule has 0 radical (unpaired) electrons. The second-order valence-corrected chi connectivity index (χ2v) is 7.37. The molecular weight excluding hydrogens is 388 g/mol. The number of amides is 1. The van der Waals surface area contributed by atoms with Gasteiger partial charge in [-0.15, -0.1) is 21.5 Å². The summed E-state index contributed by atoms with van der Waals surface area (Å²) in [5.41, 5.74) is 0.899. The number of furan rings is 1. The minimum absolute atomic E-state index is 0.141. The Hall–Kier alpha value is -2.59. The number of rotatable bonds is 7. The van der Waals surface area contributed by atoms with Gasteiger partial charge in [0.15, 0.2) is 5.16 Å². The highest BCUT2D eigenvalue weighted by Gasteiger charge is 2.24. The van der Waals surface area contributed by atoms with Crippen molar-refractivity contribution in [2.45, 2.75) is 19.0 Å². The molecule has 0 aliphatic rings. The van der Waals surface area contributed by atoms with Gasteiger partial charge in [0.1, 0.15) is 28.4 Å². The zero-order chi connectivity index (χ0) is 19.4. The van der Waals surface area contributed by atoms with Crippen LogP contribution in [0.15, 0.2) is 33.4 Å². The van der Waals surface area contributed by atoms with Gasteiger partial charge in [0.25, 0.3) is 0 Å². The Morgan fingerprint density at radius 3 is 2.85 bits per heavy atom. The Bertz CT molecular complexity index is 960. The van der Waals surface area contributed by atoms with Gasteiger partial charge in [-0.3, -0.25) is 4.79 Å². The molecule has 0 aromatic carbocycles. The number of carbonyl (C=O) groups excluding carboxylic acids is 2. The fraction of sp³-hybridized carbons (Fsp3) is 0.294. The van der Waals surface area contributed by atoms with Crippen LogP contribution < -0.4 is 5.32 Å². The van der Waals surface area contributed by atoms with E-state index in [-0.39, 0.29) is 18.3 Å². The molecule has 0 fully saturated rings. The van der Waals surface area contributed by atoms with Gasteiger partial charge in [0.2, 0.25) is 5.91 Å².